The standard InChI is InChI=1S/C16H15F3N2O3S/c1-2-20-16(22)11-5-3-10(4-6-11)9-21-25(23,24)15-8-13(18)12(17)7-14(15)19/h3-8,21H,2,9H2,1H3,(H,20,22). The predicted molar refractivity (Wildman–Crippen MR) is 84.8 cm³/mol. The fourth-order valence-corrected chi connectivity index (χ4v) is 3.09. The topological polar surface area (TPSA) is 75.3 Å². The number of rotatable bonds is 6. The Hall–Kier alpha value is -2.39. The number of amides is 1. The van der Waals surface area contributed by atoms with Gasteiger partial charge in [0.25, 0.3) is 5.91 Å². The lowest BCUT2D eigenvalue weighted by molar-refractivity contribution is 0.0956. The molecule has 2 N–H and O–H groups in total. The molecule has 0 atom stereocenters. The van der Waals surface area contributed by atoms with E-state index in [1.165, 1.54) is 24.3 Å². The molecule has 0 bridgehead atoms. The van der Waals surface area contributed by atoms with Crippen LogP contribution in [0.4, 0.5) is 13.2 Å². The number of nitrogens with one attached hydrogen (secondary N) is 2. The van der Waals surface area contributed by atoms with Crippen molar-refractivity contribution < 1.29 is 26.4 Å². The summed E-state index contributed by atoms with van der Waals surface area (Å²) in [6.07, 6.45) is 0. The van der Waals surface area contributed by atoms with Crippen LogP contribution in [0.15, 0.2) is 41.3 Å². The van der Waals surface area contributed by atoms with Crippen LogP contribution in [-0.2, 0) is 16.6 Å². The molecular formula is C16H15F3N2O3S. The average molecular weight is 372 g/mol. The van der Waals surface area contributed by atoms with Crippen molar-refractivity contribution >= 4 is 15.9 Å². The number of carbonyl (C=O) groups excluding carboxylic acids is 1. The molecule has 0 saturated heterocycles. The van der Waals surface area contributed by atoms with Crippen LogP contribution in [0.25, 0.3) is 0 Å². The van der Waals surface area contributed by atoms with Gasteiger partial charge in [-0.05, 0) is 30.7 Å². The number of carbonyl (C=O) groups is 1. The van der Waals surface area contributed by atoms with Crippen molar-refractivity contribution in [1.29, 1.82) is 0 Å². The lowest BCUT2D eigenvalue weighted by Crippen LogP contribution is -2.25. The summed E-state index contributed by atoms with van der Waals surface area (Å²) in [6.45, 7) is 2.04. The largest absolute Gasteiger partial charge is 0.352 e. The highest BCUT2D eigenvalue weighted by atomic mass is 32.2. The van der Waals surface area contributed by atoms with Crippen LogP contribution in [0.5, 0.6) is 0 Å². The highest BCUT2D eigenvalue weighted by Crippen LogP contribution is 2.18. The van der Waals surface area contributed by atoms with Crippen molar-refractivity contribution in [3.05, 3.63) is 65.0 Å². The van der Waals surface area contributed by atoms with Crippen molar-refractivity contribution in [1.82, 2.24) is 10.0 Å². The highest BCUT2D eigenvalue weighted by Gasteiger charge is 2.22. The van der Waals surface area contributed by atoms with Gasteiger partial charge in [0.2, 0.25) is 10.0 Å². The van der Waals surface area contributed by atoms with E-state index in [1.54, 1.807) is 6.92 Å². The lowest BCUT2D eigenvalue weighted by atomic mass is 10.1. The maximum absolute atomic E-state index is 13.6. The summed E-state index contributed by atoms with van der Waals surface area (Å²) >= 11 is 0. The SMILES string of the molecule is CCNC(=O)c1ccc(CNS(=O)(=O)c2cc(F)c(F)cc2F)cc1. The zero-order valence-corrected chi connectivity index (χ0v) is 14.0. The summed E-state index contributed by atoms with van der Waals surface area (Å²) in [5, 5.41) is 2.62. The van der Waals surface area contributed by atoms with Gasteiger partial charge in [0.1, 0.15) is 10.7 Å². The summed E-state index contributed by atoms with van der Waals surface area (Å²) < 4.78 is 65.8. The molecule has 0 spiro atoms. The van der Waals surface area contributed by atoms with Crippen molar-refractivity contribution in [2.75, 3.05) is 6.54 Å². The van der Waals surface area contributed by atoms with E-state index in [9.17, 15) is 26.4 Å². The van der Waals surface area contributed by atoms with Crippen LogP contribution < -0.4 is 10.0 Å². The minimum Gasteiger partial charge on any atom is -0.352 e. The van der Waals surface area contributed by atoms with Gasteiger partial charge >= 0.3 is 0 Å². The number of sulfonamides is 1. The van der Waals surface area contributed by atoms with Crippen molar-refractivity contribution in [2.45, 2.75) is 18.4 Å². The fraction of sp³-hybridized carbons (Fsp3) is 0.188. The van der Waals surface area contributed by atoms with Gasteiger partial charge in [-0.1, -0.05) is 12.1 Å². The van der Waals surface area contributed by atoms with E-state index in [2.05, 4.69) is 10.0 Å². The molecule has 0 aliphatic rings. The Balaban J connectivity index is 2.12. The summed E-state index contributed by atoms with van der Waals surface area (Å²) in [4.78, 5) is 10.6. The summed E-state index contributed by atoms with van der Waals surface area (Å²) in [5.41, 5.74) is 0.903. The molecule has 0 radical (unpaired) electrons. The molecule has 2 rings (SSSR count). The van der Waals surface area contributed by atoms with Gasteiger partial charge < -0.3 is 5.32 Å². The first kappa shape index (κ1) is 18.9. The van der Waals surface area contributed by atoms with Crippen LogP contribution >= 0.6 is 0 Å². The van der Waals surface area contributed by atoms with E-state index >= 15 is 0 Å². The first-order chi connectivity index (χ1) is 11.7. The second-order valence-corrected chi connectivity index (χ2v) is 6.81. The van der Waals surface area contributed by atoms with E-state index in [4.69, 9.17) is 0 Å². The molecule has 0 aliphatic carbocycles. The Morgan fingerprint density at radius 3 is 2.20 bits per heavy atom. The van der Waals surface area contributed by atoms with Crippen molar-refractivity contribution in [3.63, 3.8) is 0 Å². The molecular weight excluding hydrogens is 357 g/mol. The lowest BCUT2D eigenvalue weighted by Gasteiger charge is -2.09. The molecule has 25 heavy (non-hydrogen) atoms. The Morgan fingerprint density at radius 2 is 1.60 bits per heavy atom. The molecule has 1 amide bonds. The maximum atomic E-state index is 13.6. The predicted octanol–water partition coefficient (Wildman–Crippen LogP) is 2.33. The molecule has 9 heteroatoms. The fourth-order valence-electron chi connectivity index (χ4n) is 2.00. The van der Waals surface area contributed by atoms with Crippen molar-refractivity contribution in [3.8, 4) is 0 Å². The number of halogens is 3. The summed E-state index contributed by atoms with van der Waals surface area (Å²) in [6, 6.07) is 6.51. The first-order valence-corrected chi connectivity index (χ1v) is 8.74. The van der Waals surface area contributed by atoms with Crippen LogP contribution in [0, 0.1) is 17.5 Å². The van der Waals surface area contributed by atoms with Crippen molar-refractivity contribution in [2.24, 2.45) is 0 Å². The maximum Gasteiger partial charge on any atom is 0.251 e. The third-order valence-corrected chi connectivity index (χ3v) is 4.70. The minimum absolute atomic E-state index is 0.172. The van der Waals surface area contributed by atoms with Crippen LogP contribution in [0.2, 0.25) is 0 Å². The molecule has 0 fully saturated rings. The molecule has 0 saturated carbocycles. The third kappa shape index (κ3) is 4.58. The van der Waals surface area contributed by atoms with Crippen LogP contribution in [0.3, 0.4) is 0 Å². The van der Waals surface area contributed by atoms with Gasteiger partial charge in [-0.3, -0.25) is 4.79 Å². The molecule has 0 heterocycles. The zero-order chi connectivity index (χ0) is 18.6. The van der Waals surface area contributed by atoms with Gasteiger partial charge in [-0.2, -0.15) is 0 Å². The number of hydrogen-bond donors (Lipinski definition) is 2. The van der Waals surface area contributed by atoms with Gasteiger partial charge in [0.05, 0.1) is 0 Å². The summed E-state index contributed by atoms with van der Waals surface area (Å²) in [5.74, 6) is -4.60. The van der Waals surface area contributed by atoms with Gasteiger partial charge in [0, 0.05) is 24.7 Å². The Bertz CT molecular complexity index is 884. The first-order valence-electron chi connectivity index (χ1n) is 7.26. The van der Waals surface area contributed by atoms with E-state index in [0.29, 0.717) is 17.7 Å². The van der Waals surface area contributed by atoms with Gasteiger partial charge in [0.15, 0.2) is 11.6 Å². The van der Waals surface area contributed by atoms with E-state index < -0.39 is 32.4 Å². The van der Waals surface area contributed by atoms with Gasteiger partial charge in [-0.25, -0.2) is 26.3 Å². The molecule has 2 aromatic carbocycles. The Morgan fingerprint density at radius 1 is 1.00 bits per heavy atom. The quantitative estimate of drug-likeness (QED) is 0.765. The highest BCUT2D eigenvalue weighted by molar-refractivity contribution is 7.89. The average Bonchev–Trinajstić information content (AvgIpc) is 2.57. The van der Waals surface area contributed by atoms with Crippen LogP contribution in [0.1, 0.15) is 22.8 Å². The third-order valence-electron chi connectivity index (χ3n) is 3.28. The smallest absolute Gasteiger partial charge is 0.251 e. The molecule has 0 unspecified atom stereocenters. The zero-order valence-electron chi connectivity index (χ0n) is 13.1. The molecule has 5 nitrogen and oxygen atoms in total. The molecule has 134 valence electrons. The molecule has 0 aromatic heterocycles. The van der Waals surface area contributed by atoms with E-state index in [-0.39, 0.29) is 24.6 Å². The molecule has 0 aliphatic heterocycles. The Kier molecular flexibility index (Phi) is 5.81. The second-order valence-electron chi connectivity index (χ2n) is 5.08. The van der Waals surface area contributed by atoms with Crippen LogP contribution in [-0.4, -0.2) is 20.9 Å². The normalized spacial score (nSPS) is 11.4. The van der Waals surface area contributed by atoms with Gasteiger partial charge in [-0.15, -0.1) is 0 Å². The minimum atomic E-state index is -4.37. The monoisotopic (exact) mass is 372 g/mol. The van der Waals surface area contributed by atoms with E-state index in [1.807, 2.05) is 0 Å². The molecule has 2 aromatic rings. The Labute approximate surface area is 142 Å². The van der Waals surface area contributed by atoms with E-state index in [0.717, 1.165) is 0 Å². The number of hydrogen-bond acceptors (Lipinski definition) is 3. The summed E-state index contributed by atoms with van der Waals surface area (Å²) in [7, 11) is -4.37. The second kappa shape index (κ2) is 7.66. The number of benzene rings is 2.